The average molecular weight is 196 g/mol. The molecule has 1 aromatic carbocycles. The molecule has 0 heterocycles. The number of hydrazone groups is 1. The molecule has 1 rings (SSSR count). The van der Waals surface area contributed by atoms with Crippen LogP contribution in [0.5, 0.6) is 11.5 Å². The smallest absolute Gasteiger partial charge is 0.208 e. The normalized spacial score (nSPS) is 9.43. The summed E-state index contributed by atoms with van der Waals surface area (Å²) in [5.74, 6) is -0.391. The van der Waals surface area contributed by atoms with E-state index in [1.165, 1.54) is 12.1 Å². The number of nitrogens with two attached hydrogens (primary N) is 2. The van der Waals surface area contributed by atoms with E-state index in [1.54, 1.807) is 6.07 Å². The van der Waals surface area contributed by atoms with Crippen molar-refractivity contribution in [3.8, 4) is 11.5 Å². The monoisotopic (exact) mass is 196 g/mol. The highest BCUT2D eigenvalue weighted by Gasteiger charge is 1.99. The quantitative estimate of drug-likeness (QED) is 0.191. The Kier molecular flexibility index (Phi) is 3.01. The van der Waals surface area contributed by atoms with Crippen molar-refractivity contribution in [1.29, 1.82) is 0 Å². The molecule has 0 radical (unpaired) electrons. The van der Waals surface area contributed by atoms with Gasteiger partial charge < -0.3 is 27.1 Å². The van der Waals surface area contributed by atoms with Crippen molar-refractivity contribution < 1.29 is 10.2 Å². The Hall–Kier alpha value is -2.11. The van der Waals surface area contributed by atoms with Crippen LogP contribution < -0.4 is 16.9 Å². The van der Waals surface area contributed by atoms with Gasteiger partial charge >= 0.3 is 0 Å². The van der Waals surface area contributed by atoms with E-state index < -0.39 is 0 Å². The maximum atomic E-state index is 9.15. The molecule has 6 heteroatoms. The van der Waals surface area contributed by atoms with E-state index >= 15 is 0 Å². The van der Waals surface area contributed by atoms with Gasteiger partial charge in [-0.25, -0.2) is 0 Å². The second-order valence-electron chi connectivity index (χ2n) is 2.69. The molecule has 76 valence electrons. The topological polar surface area (TPSA) is 117 Å². The minimum Gasteiger partial charge on any atom is -0.504 e. The molecule has 0 fully saturated rings. The highest BCUT2D eigenvalue weighted by atomic mass is 16.3. The maximum Gasteiger partial charge on any atom is 0.208 e. The van der Waals surface area contributed by atoms with Gasteiger partial charge in [-0.1, -0.05) is 6.07 Å². The van der Waals surface area contributed by atoms with E-state index in [0.29, 0.717) is 6.54 Å². The summed E-state index contributed by atoms with van der Waals surface area (Å²) in [6.45, 7) is 0.367. The lowest BCUT2D eigenvalue weighted by Gasteiger charge is -2.03. The highest BCUT2D eigenvalue weighted by molar-refractivity contribution is 5.75. The van der Waals surface area contributed by atoms with Crippen LogP contribution in [0.2, 0.25) is 0 Å². The van der Waals surface area contributed by atoms with Crippen LogP contribution in [0.4, 0.5) is 0 Å². The van der Waals surface area contributed by atoms with Crippen molar-refractivity contribution in [2.75, 3.05) is 0 Å². The first kappa shape index (κ1) is 9.97. The molecule has 0 aromatic heterocycles. The number of hydrogen-bond donors (Lipinski definition) is 5. The van der Waals surface area contributed by atoms with Crippen molar-refractivity contribution in [3.05, 3.63) is 23.8 Å². The molecular weight excluding hydrogens is 184 g/mol. The number of rotatable bonds is 3. The number of guanidine groups is 1. The van der Waals surface area contributed by atoms with Gasteiger partial charge in [0.2, 0.25) is 5.96 Å². The summed E-state index contributed by atoms with van der Waals surface area (Å²) >= 11 is 0. The minimum absolute atomic E-state index is 0.0620. The van der Waals surface area contributed by atoms with Crippen molar-refractivity contribution in [1.82, 2.24) is 5.43 Å². The Morgan fingerprint density at radius 3 is 2.57 bits per heavy atom. The standard InChI is InChI=1S/C8H12N4O2/c9-8(10)12-11-4-5-1-2-6(13)7(14)3-5/h1-3,11,13-14H,4H2,(H4,9,10,12). The van der Waals surface area contributed by atoms with Gasteiger partial charge in [-0.15, -0.1) is 5.10 Å². The number of nitrogens with one attached hydrogen (secondary N) is 1. The van der Waals surface area contributed by atoms with Crippen LogP contribution in [-0.2, 0) is 6.54 Å². The van der Waals surface area contributed by atoms with Crippen LogP contribution in [0.15, 0.2) is 23.3 Å². The third kappa shape index (κ3) is 2.74. The summed E-state index contributed by atoms with van der Waals surface area (Å²) in [6, 6.07) is 4.46. The van der Waals surface area contributed by atoms with E-state index in [2.05, 4.69) is 10.5 Å². The molecule has 0 atom stereocenters. The summed E-state index contributed by atoms with van der Waals surface area (Å²) in [7, 11) is 0. The number of hydrogen-bond acceptors (Lipinski definition) is 4. The van der Waals surface area contributed by atoms with E-state index in [9.17, 15) is 0 Å². The lowest BCUT2D eigenvalue weighted by Crippen LogP contribution is -2.26. The zero-order valence-corrected chi connectivity index (χ0v) is 7.44. The van der Waals surface area contributed by atoms with Crippen LogP contribution >= 0.6 is 0 Å². The maximum absolute atomic E-state index is 9.15. The van der Waals surface area contributed by atoms with Crippen molar-refractivity contribution >= 4 is 5.96 Å². The molecule has 0 spiro atoms. The molecule has 6 nitrogen and oxygen atoms in total. The molecule has 14 heavy (non-hydrogen) atoms. The van der Waals surface area contributed by atoms with Gasteiger partial charge in [0.1, 0.15) is 0 Å². The minimum atomic E-state index is -0.172. The summed E-state index contributed by atoms with van der Waals surface area (Å²) in [6.07, 6.45) is 0. The predicted octanol–water partition coefficient (Wildman–Crippen LogP) is -0.624. The Morgan fingerprint density at radius 1 is 1.29 bits per heavy atom. The van der Waals surface area contributed by atoms with E-state index in [4.69, 9.17) is 21.7 Å². The number of aromatic hydroxyl groups is 2. The van der Waals surface area contributed by atoms with E-state index in [1.807, 2.05) is 0 Å². The molecular formula is C8H12N4O2. The second kappa shape index (κ2) is 4.22. The first-order chi connectivity index (χ1) is 6.59. The fraction of sp³-hybridized carbons (Fsp3) is 0.125. The summed E-state index contributed by atoms with van der Waals surface area (Å²) in [4.78, 5) is 0. The molecule has 0 aliphatic rings. The van der Waals surface area contributed by atoms with Crippen LogP contribution in [0, 0.1) is 0 Å². The van der Waals surface area contributed by atoms with Crippen LogP contribution in [-0.4, -0.2) is 16.2 Å². The second-order valence-corrected chi connectivity index (χ2v) is 2.69. The zero-order valence-electron chi connectivity index (χ0n) is 7.44. The predicted molar refractivity (Wildman–Crippen MR) is 52.4 cm³/mol. The van der Waals surface area contributed by atoms with Crippen molar-refractivity contribution in [2.24, 2.45) is 16.6 Å². The van der Waals surface area contributed by atoms with Gasteiger partial charge in [0.05, 0.1) is 6.54 Å². The number of benzene rings is 1. The van der Waals surface area contributed by atoms with Crippen LogP contribution in [0.1, 0.15) is 5.56 Å². The molecule has 0 saturated carbocycles. The molecule has 0 bridgehead atoms. The van der Waals surface area contributed by atoms with Gasteiger partial charge in [-0.05, 0) is 17.7 Å². The first-order valence-electron chi connectivity index (χ1n) is 3.92. The third-order valence-corrected chi connectivity index (χ3v) is 1.53. The molecule has 0 aliphatic heterocycles. The lowest BCUT2D eigenvalue weighted by molar-refractivity contribution is 0.403. The Morgan fingerprint density at radius 2 is 2.00 bits per heavy atom. The van der Waals surface area contributed by atoms with Crippen molar-refractivity contribution in [3.63, 3.8) is 0 Å². The third-order valence-electron chi connectivity index (χ3n) is 1.53. The molecule has 0 saturated heterocycles. The van der Waals surface area contributed by atoms with Gasteiger partial charge in [0.15, 0.2) is 11.5 Å². The SMILES string of the molecule is NC(N)=NNCc1ccc(O)c(O)c1. The van der Waals surface area contributed by atoms with Gasteiger partial charge in [0, 0.05) is 0 Å². The number of phenols is 2. The van der Waals surface area contributed by atoms with Crippen molar-refractivity contribution in [2.45, 2.75) is 6.54 Å². The summed E-state index contributed by atoms with van der Waals surface area (Å²) in [5, 5.41) is 21.7. The van der Waals surface area contributed by atoms with Gasteiger partial charge in [-0.3, -0.25) is 0 Å². The molecule has 1 aromatic rings. The Balaban J connectivity index is 2.60. The zero-order chi connectivity index (χ0) is 10.6. The fourth-order valence-corrected chi connectivity index (χ4v) is 0.901. The Bertz CT molecular complexity index is 347. The molecule has 0 unspecified atom stereocenters. The fourth-order valence-electron chi connectivity index (χ4n) is 0.901. The van der Waals surface area contributed by atoms with Gasteiger partial charge in [-0.2, -0.15) is 0 Å². The molecule has 0 aliphatic carbocycles. The number of phenolic OH excluding ortho intramolecular Hbond substituents is 2. The molecule has 7 N–H and O–H groups in total. The summed E-state index contributed by atoms with van der Waals surface area (Å²) < 4.78 is 0. The average Bonchev–Trinajstić information content (AvgIpc) is 2.10. The molecule has 0 amide bonds. The first-order valence-corrected chi connectivity index (χ1v) is 3.92. The summed E-state index contributed by atoms with van der Waals surface area (Å²) in [5.41, 5.74) is 13.5. The van der Waals surface area contributed by atoms with Gasteiger partial charge in [0.25, 0.3) is 0 Å². The Labute approximate surface area is 80.8 Å². The van der Waals surface area contributed by atoms with E-state index in [0.717, 1.165) is 5.56 Å². The highest BCUT2D eigenvalue weighted by Crippen LogP contribution is 2.24. The van der Waals surface area contributed by atoms with Crippen LogP contribution in [0.25, 0.3) is 0 Å². The largest absolute Gasteiger partial charge is 0.504 e. The lowest BCUT2D eigenvalue weighted by atomic mass is 10.2. The number of nitrogens with zero attached hydrogens (tertiary/aromatic N) is 1. The van der Waals surface area contributed by atoms with Crippen LogP contribution in [0.3, 0.4) is 0 Å². The van der Waals surface area contributed by atoms with E-state index in [-0.39, 0.29) is 17.5 Å².